The SMILES string of the molecule is CC(CO)N(C)C(C)C(=O)Nc1ccccc1N. The number of amides is 1. The quantitative estimate of drug-likeness (QED) is 0.680. The van der Waals surface area contributed by atoms with E-state index in [9.17, 15) is 4.79 Å². The fourth-order valence-electron chi connectivity index (χ4n) is 1.54. The zero-order valence-corrected chi connectivity index (χ0v) is 11.1. The highest BCUT2D eigenvalue weighted by molar-refractivity contribution is 5.97. The smallest absolute Gasteiger partial charge is 0.241 e. The van der Waals surface area contributed by atoms with Crippen LogP contribution in [0.2, 0.25) is 0 Å². The molecule has 100 valence electrons. The highest BCUT2D eigenvalue weighted by Crippen LogP contribution is 2.17. The molecule has 0 saturated heterocycles. The van der Waals surface area contributed by atoms with Crippen molar-refractivity contribution in [3.63, 3.8) is 0 Å². The Kier molecular flexibility index (Phi) is 5.12. The number of likely N-dealkylation sites (N-methyl/N-ethyl adjacent to an activating group) is 1. The maximum atomic E-state index is 12.0. The molecule has 2 atom stereocenters. The minimum atomic E-state index is -0.341. The second-order valence-electron chi connectivity index (χ2n) is 4.45. The summed E-state index contributed by atoms with van der Waals surface area (Å²) < 4.78 is 0. The van der Waals surface area contributed by atoms with Gasteiger partial charge in [0.1, 0.15) is 0 Å². The minimum Gasteiger partial charge on any atom is -0.397 e. The number of hydrogen-bond donors (Lipinski definition) is 3. The molecule has 0 aliphatic rings. The summed E-state index contributed by atoms with van der Waals surface area (Å²) in [6, 6.07) is 6.71. The van der Waals surface area contributed by atoms with E-state index in [-0.39, 0.29) is 24.6 Å². The molecule has 0 aliphatic heterocycles. The van der Waals surface area contributed by atoms with Crippen molar-refractivity contribution in [3.05, 3.63) is 24.3 Å². The molecular weight excluding hydrogens is 230 g/mol. The molecule has 0 bridgehead atoms. The van der Waals surface area contributed by atoms with E-state index in [2.05, 4.69) is 5.32 Å². The van der Waals surface area contributed by atoms with Crippen LogP contribution in [-0.4, -0.2) is 41.7 Å². The first kappa shape index (κ1) is 14.5. The Morgan fingerprint density at radius 1 is 1.44 bits per heavy atom. The Bertz CT molecular complexity index is 409. The molecule has 2 unspecified atom stereocenters. The molecule has 0 heterocycles. The molecule has 0 aromatic heterocycles. The number of benzene rings is 1. The van der Waals surface area contributed by atoms with Crippen molar-refractivity contribution in [2.24, 2.45) is 0 Å². The predicted molar refractivity (Wildman–Crippen MR) is 73.3 cm³/mol. The number of nitrogen functional groups attached to an aromatic ring is 1. The fourth-order valence-corrected chi connectivity index (χ4v) is 1.54. The maximum absolute atomic E-state index is 12.0. The molecule has 0 saturated carbocycles. The van der Waals surface area contributed by atoms with E-state index in [1.807, 2.05) is 24.0 Å². The molecule has 1 aromatic carbocycles. The van der Waals surface area contributed by atoms with Gasteiger partial charge in [0.25, 0.3) is 0 Å². The lowest BCUT2D eigenvalue weighted by molar-refractivity contribution is -0.121. The Balaban J connectivity index is 2.68. The van der Waals surface area contributed by atoms with Crippen molar-refractivity contribution in [2.75, 3.05) is 24.7 Å². The zero-order valence-electron chi connectivity index (χ0n) is 11.1. The van der Waals surface area contributed by atoms with E-state index in [1.54, 1.807) is 26.1 Å². The first-order valence-electron chi connectivity index (χ1n) is 5.95. The van der Waals surface area contributed by atoms with Crippen LogP contribution in [0.4, 0.5) is 11.4 Å². The zero-order chi connectivity index (χ0) is 13.7. The molecule has 18 heavy (non-hydrogen) atoms. The average molecular weight is 251 g/mol. The predicted octanol–water partition coefficient (Wildman–Crippen LogP) is 0.908. The first-order chi connectivity index (χ1) is 8.47. The number of nitrogens with one attached hydrogen (secondary N) is 1. The molecule has 1 rings (SSSR count). The second-order valence-corrected chi connectivity index (χ2v) is 4.45. The summed E-state index contributed by atoms with van der Waals surface area (Å²) >= 11 is 0. The number of rotatable bonds is 5. The third kappa shape index (κ3) is 3.45. The number of nitrogens with two attached hydrogens (primary N) is 1. The lowest BCUT2D eigenvalue weighted by Gasteiger charge is -2.28. The van der Waals surface area contributed by atoms with Gasteiger partial charge in [-0.05, 0) is 33.0 Å². The highest BCUT2D eigenvalue weighted by Gasteiger charge is 2.22. The van der Waals surface area contributed by atoms with Crippen LogP contribution in [0.25, 0.3) is 0 Å². The molecule has 0 spiro atoms. The number of aliphatic hydroxyl groups excluding tert-OH is 1. The standard InChI is InChI=1S/C13H21N3O2/c1-9(8-17)16(3)10(2)13(18)15-12-7-5-4-6-11(12)14/h4-7,9-10,17H,8,14H2,1-3H3,(H,15,18). The molecular formula is C13H21N3O2. The van der Waals surface area contributed by atoms with Crippen molar-refractivity contribution < 1.29 is 9.90 Å². The molecule has 5 nitrogen and oxygen atoms in total. The van der Waals surface area contributed by atoms with E-state index in [0.717, 1.165) is 0 Å². The van der Waals surface area contributed by atoms with Crippen LogP contribution in [0.3, 0.4) is 0 Å². The second kappa shape index (κ2) is 6.37. The Morgan fingerprint density at radius 2 is 2.06 bits per heavy atom. The lowest BCUT2D eigenvalue weighted by atomic mass is 10.2. The number of hydrogen-bond acceptors (Lipinski definition) is 4. The van der Waals surface area contributed by atoms with Gasteiger partial charge in [0.15, 0.2) is 0 Å². The molecule has 1 aromatic rings. The van der Waals surface area contributed by atoms with Gasteiger partial charge >= 0.3 is 0 Å². The molecule has 0 fully saturated rings. The largest absolute Gasteiger partial charge is 0.397 e. The Morgan fingerprint density at radius 3 is 2.61 bits per heavy atom. The Labute approximate surface area is 108 Å². The van der Waals surface area contributed by atoms with Gasteiger partial charge < -0.3 is 16.2 Å². The number of nitrogens with zero attached hydrogens (tertiary/aromatic N) is 1. The summed E-state index contributed by atoms with van der Waals surface area (Å²) in [5.41, 5.74) is 6.91. The van der Waals surface area contributed by atoms with Gasteiger partial charge in [-0.25, -0.2) is 0 Å². The van der Waals surface area contributed by atoms with Gasteiger partial charge in [0.2, 0.25) is 5.91 Å². The fraction of sp³-hybridized carbons (Fsp3) is 0.462. The molecule has 5 heteroatoms. The van der Waals surface area contributed by atoms with E-state index in [4.69, 9.17) is 10.8 Å². The number of carbonyl (C=O) groups is 1. The molecule has 0 aliphatic carbocycles. The third-order valence-electron chi connectivity index (χ3n) is 3.17. The Hall–Kier alpha value is -1.59. The summed E-state index contributed by atoms with van der Waals surface area (Å²) in [5.74, 6) is -0.143. The van der Waals surface area contributed by atoms with E-state index in [1.165, 1.54) is 0 Å². The lowest BCUT2D eigenvalue weighted by Crippen LogP contribution is -2.45. The van der Waals surface area contributed by atoms with Crippen LogP contribution in [0.1, 0.15) is 13.8 Å². The number of aliphatic hydroxyl groups is 1. The van der Waals surface area contributed by atoms with Crippen LogP contribution < -0.4 is 11.1 Å². The molecule has 1 amide bonds. The van der Waals surface area contributed by atoms with Crippen molar-refractivity contribution in [3.8, 4) is 0 Å². The molecule has 0 radical (unpaired) electrons. The normalized spacial score (nSPS) is 14.3. The van der Waals surface area contributed by atoms with E-state index >= 15 is 0 Å². The van der Waals surface area contributed by atoms with Crippen molar-refractivity contribution in [2.45, 2.75) is 25.9 Å². The van der Waals surface area contributed by atoms with E-state index < -0.39 is 0 Å². The third-order valence-corrected chi connectivity index (χ3v) is 3.17. The molecule has 4 N–H and O–H groups in total. The van der Waals surface area contributed by atoms with Gasteiger partial charge in [0.05, 0.1) is 24.0 Å². The summed E-state index contributed by atoms with van der Waals surface area (Å²) in [5, 5.41) is 11.9. The van der Waals surface area contributed by atoms with Crippen molar-refractivity contribution >= 4 is 17.3 Å². The summed E-state index contributed by atoms with van der Waals surface area (Å²) in [6.45, 7) is 3.67. The minimum absolute atomic E-state index is 0.0155. The van der Waals surface area contributed by atoms with Crippen LogP contribution in [-0.2, 0) is 4.79 Å². The van der Waals surface area contributed by atoms with Crippen LogP contribution in [0, 0.1) is 0 Å². The monoisotopic (exact) mass is 251 g/mol. The number of para-hydroxylation sites is 2. The number of anilines is 2. The van der Waals surface area contributed by atoms with Crippen molar-refractivity contribution in [1.82, 2.24) is 4.90 Å². The van der Waals surface area contributed by atoms with E-state index in [0.29, 0.717) is 11.4 Å². The highest BCUT2D eigenvalue weighted by atomic mass is 16.3. The average Bonchev–Trinajstić information content (AvgIpc) is 2.38. The number of carbonyl (C=O) groups excluding carboxylic acids is 1. The van der Waals surface area contributed by atoms with Gasteiger partial charge in [-0.2, -0.15) is 0 Å². The van der Waals surface area contributed by atoms with Crippen molar-refractivity contribution in [1.29, 1.82) is 0 Å². The van der Waals surface area contributed by atoms with Gasteiger partial charge in [-0.15, -0.1) is 0 Å². The van der Waals surface area contributed by atoms with Gasteiger partial charge in [0, 0.05) is 6.04 Å². The summed E-state index contributed by atoms with van der Waals surface area (Å²) in [7, 11) is 1.81. The van der Waals surface area contributed by atoms with Crippen LogP contribution in [0.5, 0.6) is 0 Å². The summed E-state index contributed by atoms with van der Waals surface area (Å²) in [4.78, 5) is 13.9. The van der Waals surface area contributed by atoms with Gasteiger partial charge in [-0.3, -0.25) is 9.69 Å². The maximum Gasteiger partial charge on any atom is 0.241 e. The topological polar surface area (TPSA) is 78.6 Å². The van der Waals surface area contributed by atoms with Crippen LogP contribution >= 0.6 is 0 Å². The van der Waals surface area contributed by atoms with Gasteiger partial charge in [-0.1, -0.05) is 12.1 Å². The summed E-state index contributed by atoms with van der Waals surface area (Å²) in [6.07, 6.45) is 0. The first-order valence-corrected chi connectivity index (χ1v) is 5.95. The van der Waals surface area contributed by atoms with Crippen LogP contribution in [0.15, 0.2) is 24.3 Å².